The number of hydrogen-bond donors (Lipinski definition) is 2. The Morgan fingerprint density at radius 2 is 1.74 bits per heavy atom. The molecule has 0 amide bonds. The van der Waals surface area contributed by atoms with E-state index in [0.717, 1.165) is 53.0 Å². The molecule has 0 aliphatic heterocycles. The quantitative estimate of drug-likeness (QED) is 0.258. The van der Waals surface area contributed by atoms with E-state index < -0.39 is 5.79 Å². The maximum atomic E-state index is 16.2. The van der Waals surface area contributed by atoms with Gasteiger partial charge in [0.15, 0.2) is 5.79 Å². The van der Waals surface area contributed by atoms with Gasteiger partial charge in [0, 0.05) is 36.4 Å². The zero-order chi connectivity index (χ0) is 20.6. The largest absolute Gasteiger partial charge is 0.500 e. The maximum absolute atomic E-state index is 16.2. The standard InChI is InChI=1S/C23H39FN2O/c1-9-10-18(6)25-15-21(27-8)13-14-26-23(24,20-11-12-20)22(17(4)5)19(7)16(2)3/h10,15,20,25-26H,9,11-14H2,1-8H3/b18-10+,21-15+. The van der Waals surface area contributed by atoms with Crippen LogP contribution in [0.25, 0.3) is 0 Å². The van der Waals surface area contributed by atoms with Gasteiger partial charge >= 0.3 is 0 Å². The average Bonchev–Trinajstić information content (AvgIpc) is 3.43. The summed E-state index contributed by atoms with van der Waals surface area (Å²) < 4.78 is 21.6. The predicted molar refractivity (Wildman–Crippen MR) is 114 cm³/mol. The lowest BCUT2D eigenvalue weighted by Gasteiger charge is -2.32. The summed E-state index contributed by atoms with van der Waals surface area (Å²) in [5.74, 6) is -0.605. The molecule has 0 aromatic carbocycles. The van der Waals surface area contributed by atoms with E-state index in [2.05, 4.69) is 37.5 Å². The molecule has 4 heteroatoms. The van der Waals surface area contributed by atoms with E-state index in [-0.39, 0.29) is 5.92 Å². The summed E-state index contributed by atoms with van der Waals surface area (Å²) in [6.45, 7) is 14.8. The van der Waals surface area contributed by atoms with Gasteiger partial charge in [-0.3, -0.25) is 5.32 Å². The molecule has 0 radical (unpaired) electrons. The number of methoxy groups -OCH3 is 1. The van der Waals surface area contributed by atoms with Crippen LogP contribution in [0.3, 0.4) is 0 Å². The third kappa shape index (κ3) is 6.84. The first-order valence-electron chi connectivity index (χ1n) is 10.1. The summed E-state index contributed by atoms with van der Waals surface area (Å²) >= 11 is 0. The predicted octanol–water partition coefficient (Wildman–Crippen LogP) is 6.13. The second-order valence-electron chi connectivity index (χ2n) is 7.92. The van der Waals surface area contributed by atoms with Crippen molar-refractivity contribution in [2.24, 2.45) is 5.92 Å². The Labute approximate surface area is 165 Å². The third-order valence-electron chi connectivity index (χ3n) is 5.12. The Bertz CT molecular complexity index is 618. The van der Waals surface area contributed by atoms with Gasteiger partial charge in [0.1, 0.15) is 5.76 Å². The fraction of sp³-hybridized carbons (Fsp3) is 0.652. The van der Waals surface area contributed by atoms with Gasteiger partial charge in [-0.1, -0.05) is 24.1 Å². The Morgan fingerprint density at radius 1 is 1.11 bits per heavy atom. The second kappa shape index (κ2) is 10.7. The molecule has 1 atom stereocenters. The molecule has 154 valence electrons. The molecule has 0 heterocycles. The summed E-state index contributed by atoms with van der Waals surface area (Å²) in [5.41, 5.74) is 5.17. The first-order chi connectivity index (χ1) is 12.7. The molecule has 0 aromatic heterocycles. The minimum atomic E-state index is -1.47. The number of hydrogen-bond acceptors (Lipinski definition) is 3. The molecule has 27 heavy (non-hydrogen) atoms. The number of alkyl halides is 1. The highest BCUT2D eigenvalue weighted by molar-refractivity contribution is 5.43. The third-order valence-corrected chi connectivity index (χ3v) is 5.12. The van der Waals surface area contributed by atoms with Crippen molar-refractivity contribution in [1.29, 1.82) is 0 Å². The fourth-order valence-corrected chi connectivity index (χ4v) is 3.34. The Balaban J connectivity index is 2.89. The molecule has 1 fully saturated rings. The molecule has 0 bridgehead atoms. The van der Waals surface area contributed by atoms with E-state index >= 15 is 4.39 Å². The lowest BCUT2D eigenvalue weighted by atomic mass is 9.87. The molecule has 0 spiro atoms. The van der Waals surface area contributed by atoms with Crippen molar-refractivity contribution in [3.05, 3.63) is 46.0 Å². The molecule has 1 rings (SSSR count). The molecule has 0 saturated heterocycles. The van der Waals surface area contributed by atoms with Crippen LogP contribution < -0.4 is 10.6 Å². The van der Waals surface area contributed by atoms with Crippen molar-refractivity contribution < 1.29 is 9.13 Å². The number of halogens is 1. The Morgan fingerprint density at radius 3 is 2.19 bits per heavy atom. The zero-order valence-electron chi connectivity index (χ0n) is 18.6. The van der Waals surface area contributed by atoms with Crippen LogP contribution in [0.5, 0.6) is 0 Å². The summed E-state index contributed by atoms with van der Waals surface area (Å²) in [7, 11) is 1.66. The minimum Gasteiger partial charge on any atom is -0.500 e. The van der Waals surface area contributed by atoms with Gasteiger partial charge in [0.25, 0.3) is 0 Å². The van der Waals surface area contributed by atoms with Crippen molar-refractivity contribution in [3.63, 3.8) is 0 Å². The van der Waals surface area contributed by atoms with Crippen LogP contribution in [-0.2, 0) is 4.74 Å². The lowest BCUT2D eigenvalue weighted by Crippen LogP contribution is -2.46. The van der Waals surface area contributed by atoms with E-state index in [1.807, 2.05) is 33.9 Å². The summed E-state index contributed by atoms with van der Waals surface area (Å²) in [4.78, 5) is 0. The molecule has 0 aromatic rings. The number of nitrogens with one attached hydrogen (secondary N) is 2. The van der Waals surface area contributed by atoms with E-state index in [0.29, 0.717) is 13.0 Å². The summed E-state index contributed by atoms with van der Waals surface area (Å²) in [5, 5.41) is 6.46. The second-order valence-corrected chi connectivity index (χ2v) is 7.92. The molecule has 1 aliphatic rings. The van der Waals surface area contributed by atoms with Crippen molar-refractivity contribution in [2.45, 2.75) is 79.9 Å². The monoisotopic (exact) mass is 378 g/mol. The normalized spacial score (nSPS) is 17.2. The van der Waals surface area contributed by atoms with Crippen LogP contribution in [0.2, 0.25) is 0 Å². The highest BCUT2D eigenvalue weighted by Gasteiger charge is 2.49. The first kappa shape index (κ1) is 23.5. The molecule has 2 N–H and O–H groups in total. The van der Waals surface area contributed by atoms with Gasteiger partial charge < -0.3 is 10.1 Å². The van der Waals surface area contributed by atoms with E-state index in [1.54, 1.807) is 7.11 Å². The van der Waals surface area contributed by atoms with Crippen molar-refractivity contribution >= 4 is 0 Å². The highest BCUT2D eigenvalue weighted by atomic mass is 19.1. The van der Waals surface area contributed by atoms with Crippen LogP contribution >= 0.6 is 0 Å². The zero-order valence-corrected chi connectivity index (χ0v) is 18.6. The number of allylic oxidation sites excluding steroid dienone is 4. The van der Waals surface area contributed by atoms with E-state index in [4.69, 9.17) is 4.74 Å². The van der Waals surface area contributed by atoms with Crippen molar-refractivity contribution in [2.75, 3.05) is 13.7 Å². The van der Waals surface area contributed by atoms with Gasteiger partial charge in [0.2, 0.25) is 0 Å². The fourth-order valence-electron chi connectivity index (χ4n) is 3.34. The smallest absolute Gasteiger partial charge is 0.190 e. The van der Waals surface area contributed by atoms with Crippen LogP contribution in [0.1, 0.15) is 74.1 Å². The molecule has 1 unspecified atom stereocenters. The SMILES string of the molecule is CC/C=C(\C)N/C=C(\CCNC(F)(C(=C(C)C)C(C)=C(C)C)C1CC1)OC. The number of ether oxygens (including phenoxy) is 1. The number of rotatable bonds is 11. The molecular formula is C23H39FN2O. The van der Waals surface area contributed by atoms with Gasteiger partial charge in [0.05, 0.1) is 7.11 Å². The average molecular weight is 379 g/mol. The van der Waals surface area contributed by atoms with Crippen LogP contribution in [0.15, 0.2) is 46.0 Å². The summed E-state index contributed by atoms with van der Waals surface area (Å²) in [6, 6.07) is 0. The van der Waals surface area contributed by atoms with Crippen LogP contribution in [-0.4, -0.2) is 19.4 Å². The van der Waals surface area contributed by atoms with Crippen LogP contribution in [0.4, 0.5) is 4.39 Å². The van der Waals surface area contributed by atoms with Crippen molar-refractivity contribution in [3.8, 4) is 0 Å². The van der Waals surface area contributed by atoms with Gasteiger partial charge in [-0.25, -0.2) is 4.39 Å². The molecule has 1 saturated carbocycles. The van der Waals surface area contributed by atoms with E-state index in [9.17, 15) is 0 Å². The maximum Gasteiger partial charge on any atom is 0.190 e. The Kier molecular flexibility index (Phi) is 9.31. The molecule has 3 nitrogen and oxygen atoms in total. The molecular weight excluding hydrogens is 339 g/mol. The van der Waals surface area contributed by atoms with Crippen LogP contribution in [0, 0.1) is 5.92 Å². The van der Waals surface area contributed by atoms with E-state index in [1.165, 1.54) is 0 Å². The highest BCUT2D eigenvalue weighted by Crippen LogP contribution is 2.47. The first-order valence-corrected chi connectivity index (χ1v) is 10.1. The summed E-state index contributed by atoms with van der Waals surface area (Å²) in [6.07, 6.45) is 7.47. The van der Waals surface area contributed by atoms with Crippen molar-refractivity contribution in [1.82, 2.24) is 10.6 Å². The minimum absolute atomic E-state index is 0.0551. The Hall–Kier alpha value is -1.55. The molecule has 1 aliphatic carbocycles. The lowest BCUT2D eigenvalue weighted by molar-refractivity contribution is 0.130. The van der Waals surface area contributed by atoms with Gasteiger partial charge in [-0.2, -0.15) is 0 Å². The van der Waals surface area contributed by atoms with Gasteiger partial charge in [-0.05, 0) is 66.4 Å². The topological polar surface area (TPSA) is 33.3 Å². The van der Waals surface area contributed by atoms with Gasteiger partial charge in [-0.15, -0.1) is 0 Å².